The Bertz CT molecular complexity index is 581. The molecule has 4 nitrogen and oxygen atoms in total. The standard InChI is InChI=1S/C12H9BrN2O2S/c1-7(16)14-12-15-11(17)10(18-12)6-8-3-2-4-9(13)5-8/h2-6H,1H3,(H,14,15,16,17)/b10-6-. The third kappa shape index (κ3) is 3.30. The molecule has 1 aliphatic heterocycles. The lowest BCUT2D eigenvalue weighted by molar-refractivity contribution is -0.117. The molecular weight excluding hydrogens is 316 g/mol. The van der Waals surface area contributed by atoms with Gasteiger partial charge in [-0.05, 0) is 35.5 Å². The normalized spacial score (nSPS) is 16.9. The van der Waals surface area contributed by atoms with Gasteiger partial charge in [-0.15, -0.1) is 0 Å². The zero-order valence-electron chi connectivity index (χ0n) is 9.44. The minimum absolute atomic E-state index is 0.238. The largest absolute Gasteiger partial charge is 0.305 e. The highest BCUT2D eigenvalue weighted by molar-refractivity contribution is 9.10. The molecule has 6 heteroatoms. The Kier molecular flexibility index (Phi) is 3.98. The second-order valence-electron chi connectivity index (χ2n) is 3.57. The molecule has 0 atom stereocenters. The SMILES string of the molecule is CC(=O)NC1=NC(=O)/C(=C/c2cccc(Br)c2)S1. The number of carbonyl (C=O) groups excluding carboxylic acids is 2. The van der Waals surface area contributed by atoms with Crippen molar-refractivity contribution >= 4 is 50.7 Å². The van der Waals surface area contributed by atoms with E-state index in [-0.39, 0.29) is 11.8 Å². The fraction of sp³-hybridized carbons (Fsp3) is 0.0833. The van der Waals surface area contributed by atoms with Crippen molar-refractivity contribution in [3.8, 4) is 0 Å². The molecular formula is C12H9BrN2O2S. The highest BCUT2D eigenvalue weighted by atomic mass is 79.9. The van der Waals surface area contributed by atoms with E-state index in [9.17, 15) is 9.59 Å². The minimum atomic E-state index is -0.330. The summed E-state index contributed by atoms with van der Waals surface area (Å²) in [5.41, 5.74) is 0.902. The van der Waals surface area contributed by atoms with Crippen molar-refractivity contribution in [1.29, 1.82) is 0 Å². The number of rotatable bonds is 1. The van der Waals surface area contributed by atoms with Gasteiger partial charge in [-0.25, -0.2) is 0 Å². The van der Waals surface area contributed by atoms with Gasteiger partial charge in [-0.3, -0.25) is 9.59 Å². The first kappa shape index (κ1) is 13.0. The first-order chi connectivity index (χ1) is 8.54. The quantitative estimate of drug-likeness (QED) is 0.808. The first-order valence-electron chi connectivity index (χ1n) is 5.10. The van der Waals surface area contributed by atoms with Crippen molar-refractivity contribution in [1.82, 2.24) is 5.32 Å². The summed E-state index contributed by atoms with van der Waals surface area (Å²) in [7, 11) is 0. The van der Waals surface area contributed by atoms with Gasteiger partial charge in [0.15, 0.2) is 5.17 Å². The van der Waals surface area contributed by atoms with Crippen LogP contribution in [0.4, 0.5) is 0 Å². The molecule has 2 rings (SSSR count). The van der Waals surface area contributed by atoms with E-state index in [2.05, 4.69) is 26.2 Å². The van der Waals surface area contributed by atoms with Crippen LogP contribution >= 0.6 is 27.7 Å². The van der Waals surface area contributed by atoms with E-state index in [1.165, 1.54) is 6.92 Å². The van der Waals surface area contributed by atoms with Crippen LogP contribution in [0.15, 0.2) is 38.6 Å². The Hall–Kier alpha value is -1.40. The van der Waals surface area contributed by atoms with Crippen molar-refractivity contribution in [2.24, 2.45) is 4.99 Å². The summed E-state index contributed by atoms with van der Waals surface area (Å²) < 4.78 is 0.940. The summed E-state index contributed by atoms with van der Waals surface area (Å²) in [6.07, 6.45) is 1.75. The molecule has 0 aromatic heterocycles. The number of nitrogens with zero attached hydrogens (tertiary/aromatic N) is 1. The maximum atomic E-state index is 11.6. The van der Waals surface area contributed by atoms with Gasteiger partial charge in [0.05, 0.1) is 4.91 Å². The smallest absolute Gasteiger partial charge is 0.286 e. The highest BCUT2D eigenvalue weighted by Gasteiger charge is 2.22. The number of halogens is 1. The second kappa shape index (κ2) is 5.49. The molecule has 0 fully saturated rings. The number of thioether (sulfide) groups is 1. The third-order valence-corrected chi connectivity index (χ3v) is 3.44. The van der Waals surface area contributed by atoms with Crippen molar-refractivity contribution in [3.05, 3.63) is 39.2 Å². The van der Waals surface area contributed by atoms with E-state index < -0.39 is 0 Å². The number of amidine groups is 1. The molecule has 1 N–H and O–H groups in total. The predicted molar refractivity (Wildman–Crippen MR) is 76.0 cm³/mol. The van der Waals surface area contributed by atoms with Crippen LogP contribution in [0.3, 0.4) is 0 Å². The Morgan fingerprint density at radius 1 is 1.50 bits per heavy atom. The highest BCUT2D eigenvalue weighted by Crippen LogP contribution is 2.27. The van der Waals surface area contributed by atoms with Crippen molar-refractivity contribution in [3.63, 3.8) is 0 Å². The zero-order chi connectivity index (χ0) is 13.1. The maximum Gasteiger partial charge on any atom is 0.286 e. The summed E-state index contributed by atoms with van der Waals surface area (Å²) in [4.78, 5) is 26.7. The maximum absolute atomic E-state index is 11.6. The van der Waals surface area contributed by atoms with E-state index in [4.69, 9.17) is 0 Å². The average molecular weight is 325 g/mol. The fourth-order valence-corrected chi connectivity index (χ4v) is 2.64. The second-order valence-corrected chi connectivity index (χ2v) is 5.52. The molecule has 18 heavy (non-hydrogen) atoms. The Balaban J connectivity index is 2.17. The number of hydrogen-bond donors (Lipinski definition) is 1. The third-order valence-electron chi connectivity index (χ3n) is 2.05. The molecule has 92 valence electrons. The van der Waals surface area contributed by atoms with E-state index in [1.54, 1.807) is 6.08 Å². The van der Waals surface area contributed by atoms with Gasteiger partial charge in [0.25, 0.3) is 5.91 Å². The predicted octanol–water partition coefficient (Wildman–Crippen LogP) is 2.56. The molecule has 1 aliphatic rings. The Morgan fingerprint density at radius 2 is 2.28 bits per heavy atom. The van der Waals surface area contributed by atoms with Gasteiger partial charge in [0.2, 0.25) is 5.91 Å². The van der Waals surface area contributed by atoms with Gasteiger partial charge in [-0.2, -0.15) is 4.99 Å². The van der Waals surface area contributed by atoms with Crippen LogP contribution < -0.4 is 5.32 Å². The number of hydrogen-bond acceptors (Lipinski definition) is 3. The number of nitrogens with one attached hydrogen (secondary N) is 1. The number of amides is 2. The monoisotopic (exact) mass is 324 g/mol. The van der Waals surface area contributed by atoms with Crippen LogP contribution in [0.2, 0.25) is 0 Å². The molecule has 1 heterocycles. The summed E-state index contributed by atoms with van der Waals surface area (Å²) >= 11 is 4.53. The molecule has 0 unspecified atom stereocenters. The van der Waals surface area contributed by atoms with E-state index >= 15 is 0 Å². The lowest BCUT2D eigenvalue weighted by Crippen LogP contribution is -2.23. The van der Waals surface area contributed by atoms with Crippen LogP contribution in [-0.4, -0.2) is 17.0 Å². The zero-order valence-corrected chi connectivity index (χ0v) is 11.8. The minimum Gasteiger partial charge on any atom is -0.305 e. The van der Waals surface area contributed by atoms with E-state index in [0.717, 1.165) is 21.8 Å². The molecule has 1 aromatic rings. The van der Waals surface area contributed by atoms with Crippen LogP contribution in [0.25, 0.3) is 6.08 Å². The Labute approximate surface area is 117 Å². The van der Waals surface area contributed by atoms with Crippen molar-refractivity contribution < 1.29 is 9.59 Å². The van der Waals surface area contributed by atoms with Gasteiger partial charge in [0.1, 0.15) is 0 Å². The number of carbonyl (C=O) groups is 2. The summed E-state index contributed by atoms with van der Waals surface area (Å²) in [5, 5.41) is 2.83. The van der Waals surface area contributed by atoms with Gasteiger partial charge >= 0.3 is 0 Å². The number of benzene rings is 1. The summed E-state index contributed by atoms with van der Waals surface area (Å²) in [6.45, 7) is 1.38. The van der Waals surface area contributed by atoms with Crippen molar-refractivity contribution in [2.75, 3.05) is 0 Å². The number of aliphatic imine (C=N–C) groups is 1. The van der Waals surface area contributed by atoms with Crippen LogP contribution in [0, 0.1) is 0 Å². The molecule has 0 saturated carbocycles. The molecule has 1 aromatic carbocycles. The van der Waals surface area contributed by atoms with Gasteiger partial charge in [-0.1, -0.05) is 28.1 Å². The van der Waals surface area contributed by atoms with Gasteiger partial charge < -0.3 is 5.32 Å². The molecule has 0 spiro atoms. The first-order valence-corrected chi connectivity index (χ1v) is 6.71. The van der Waals surface area contributed by atoms with E-state index in [0.29, 0.717) is 10.1 Å². The Morgan fingerprint density at radius 3 is 2.94 bits per heavy atom. The van der Waals surface area contributed by atoms with Crippen LogP contribution in [0.1, 0.15) is 12.5 Å². The molecule has 2 amide bonds. The van der Waals surface area contributed by atoms with Crippen LogP contribution in [0.5, 0.6) is 0 Å². The lowest BCUT2D eigenvalue weighted by Gasteiger charge is -1.98. The lowest BCUT2D eigenvalue weighted by atomic mass is 10.2. The molecule has 0 saturated heterocycles. The van der Waals surface area contributed by atoms with Crippen LogP contribution in [-0.2, 0) is 9.59 Å². The van der Waals surface area contributed by atoms with Gasteiger partial charge in [0, 0.05) is 11.4 Å². The summed E-state index contributed by atoms with van der Waals surface area (Å²) in [6, 6.07) is 7.58. The summed E-state index contributed by atoms with van der Waals surface area (Å²) in [5.74, 6) is -0.568. The molecule has 0 radical (unpaired) electrons. The van der Waals surface area contributed by atoms with E-state index in [1.807, 2.05) is 24.3 Å². The molecule has 0 bridgehead atoms. The fourth-order valence-electron chi connectivity index (χ4n) is 1.36. The van der Waals surface area contributed by atoms with Crippen molar-refractivity contribution in [2.45, 2.75) is 6.92 Å². The average Bonchev–Trinajstić information content (AvgIpc) is 2.58. The topological polar surface area (TPSA) is 58.5 Å². The molecule has 0 aliphatic carbocycles.